The average molecular weight is 389 g/mol. The molecule has 2 aromatic carbocycles. The molecule has 29 heavy (non-hydrogen) atoms. The third-order valence-corrected chi connectivity index (χ3v) is 6.59. The zero-order valence-electron chi connectivity index (χ0n) is 16.1. The summed E-state index contributed by atoms with van der Waals surface area (Å²) in [4.78, 5) is 24.9. The molecule has 0 heterocycles. The SMILES string of the molecule is Cc1cccc(Oc2ccc(NC(=O)[C@@H]3[C@H]4C=C[C@@H]([C@@H]5C[C@@H]45)[C@@H]3C(=O)O)cc2)c1. The lowest BCUT2D eigenvalue weighted by Gasteiger charge is -2.41. The molecule has 6 rings (SSSR count). The zero-order chi connectivity index (χ0) is 20.1. The summed E-state index contributed by atoms with van der Waals surface area (Å²) >= 11 is 0. The predicted octanol–water partition coefficient (Wildman–Crippen LogP) is 4.49. The Labute approximate surface area is 169 Å². The molecule has 2 aromatic rings. The van der Waals surface area contributed by atoms with Gasteiger partial charge in [-0.3, -0.25) is 9.59 Å². The maximum atomic E-state index is 13.0. The number of allylic oxidation sites excluding steroid dienone is 2. The molecule has 6 atom stereocenters. The molecule has 0 radical (unpaired) electrons. The molecule has 4 aliphatic rings. The number of carboxylic acids is 1. The van der Waals surface area contributed by atoms with Gasteiger partial charge < -0.3 is 15.2 Å². The second-order valence-corrected chi connectivity index (χ2v) is 8.43. The van der Waals surface area contributed by atoms with E-state index in [1.54, 1.807) is 24.3 Å². The molecule has 2 N–H and O–H groups in total. The van der Waals surface area contributed by atoms with E-state index in [4.69, 9.17) is 4.74 Å². The van der Waals surface area contributed by atoms with Gasteiger partial charge in [-0.15, -0.1) is 0 Å². The van der Waals surface area contributed by atoms with Crippen molar-refractivity contribution >= 4 is 17.6 Å². The smallest absolute Gasteiger partial charge is 0.307 e. The quantitative estimate of drug-likeness (QED) is 0.739. The van der Waals surface area contributed by atoms with Gasteiger partial charge in [-0.2, -0.15) is 0 Å². The van der Waals surface area contributed by atoms with E-state index in [0.717, 1.165) is 17.7 Å². The molecule has 2 fully saturated rings. The number of amides is 1. The molecule has 5 nitrogen and oxygen atoms in total. The Morgan fingerprint density at radius 1 is 0.966 bits per heavy atom. The van der Waals surface area contributed by atoms with Crippen LogP contribution in [0.15, 0.2) is 60.7 Å². The van der Waals surface area contributed by atoms with Gasteiger partial charge in [-0.25, -0.2) is 0 Å². The summed E-state index contributed by atoms with van der Waals surface area (Å²) < 4.78 is 5.84. The number of ether oxygens (including phenoxy) is 1. The Morgan fingerprint density at radius 3 is 2.31 bits per heavy atom. The van der Waals surface area contributed by atoms with Crippen molar-refractivity contribution in [2.45, 2.75) is 13.3 Å². The van der Waals surface area contributed by atoms with Gasteiger partial charge in [0.05, 0.1) is 11.8 Å². The van der Waals surface area contributed by atoms with E-state index in [1.165, 1.54) is 0 Å². The van der Waals surface area contributed by atoms with Crippen LogP contribution < -0.4 is 10.1 Å². The first-order chi connectivity index (χ1) is 14.0. The number of nitrogens with one attached hydrogen (secondary N) is 1. The lowest BCUT2D eigenvalue weighted by molar-refractivity contribution is -0.152. The summed E-state index contributed by atoms with van der Waals surface area (Å²) in [7, 11) is 0. The van der Waals surface area contributed by atoms with Gasteiger partial charge in [0, 0.05) is 5.69 Å². The van der Waals surface area contributed by atoms with Crippen LogP contribution in [0.5, 0.6) is 11.5 Å². The molecular weight excluding hydrogens is 366 g/mol. The monoisotopic (exact) mass is 389 g/mol. The van der Waals surface area contributed by atoms with E-state index in [2.05, 4.69) is 11.4 Å². The molecule has 5 heteroatoms. The normalized spacial score (nSPS) is 31.1. The minimum absolute atomic E-state index is 0.0108. The highest BCUT2D eigenvalue weighted by atomic mass is 16.5. The highest BCUT2D eigenvalue weighted by molar-refractivity contribution is 5.96. The van der Waals surface area contributed by atoms with Crippen molar-refractivity contribution in [3.63, 3.8) is 0 Å². The number of hydrogen-bond donors (Lipinski definition) is 2. The fourth-order valence-corrected chi connectivity index (χ4v) is 5.22. The number of carbonyl (C=O) groups excluding carboxylic acids is 1. The average Bonchev–Trinajstić information content (AvgIpc) is 3.51. The number of benzene rings is 2. The molecule has 0 aliphatic heterocycles. The van der Waals surface area contributed by atoms with Crippen molar-refractivity contribution in [3.8, 4) is 11.5 Å². The van der Waals surface area contributed by atoms with Gasteiger partial charge in [0.2, 0.25) is 5.91 Å². The Hall–Kier alpha value is -3.08. The first-order valence-corrected chi connectivity index (χ1v) is 10.1. The molecule has 2 bridgehead atoms. The molecule has 148 valence electrons. The largest absolute Gasteiger partial charge is 0.481 e. The highest BCUT2D eigenvalue weighted by Crippen LogP contribution is 2.63. The van der Waals surface area contributed by atoms with E-state index in [-0.39, 0.29) is 17.7 Å². The second kappa shape index (κ2) is 6.76. The molecule has 0 aromatic heterocycles. The van der Waals surface area contributed by atoms with Crippen LogP contribution in [-0.2, 0) is 9.59 Å². The van der Waals surface area contributed by atoms with Crippen LogP contribution in [0, 0.1) is 42.4 Å². The molecule has 0 spiro atoms. The first kappa shape index (κ1) is 18.0. The van der Waals surface area contributed by atoms with Crippen molar-refractivity contribution in [3.05, 3.63) is 66.2 Å². The summed E-state index contributed by atoms with van der Waals surface area (Å²) in [5.74, 6) is 0.193. The van der Waals surface area contributed by atoms with Gasteiger partial charge in [-0.1, -0.05) is 24.3 Å². The van der Waals surface area contributed by atoms with Crippen LogP contribution in [0.25, 0.3) is 0 Å². The van der Waals surface area contributed by atoms with Gasteiger partial charge in [-0.05, 0) is 79.0 Å². The third kappa shape index (κ3) is 3.20. The molecule has 2 saturated carbocycles. The van der Waals surface area contributed by atoms with E-state index < -0.39 is 17.8 Å². The van der Waals surface area contributed by atoms with E-state index in [1.807, 2.05) is 37.3 Å². The number of aliphatic carboxylic acids is 1. The first-order valence-electron chi connectivity index (χ1n) is 10.1. The number of fused-ring (bicyclic) bond motifs is 1. The Kier molecular flexibility index (Phi) is 4.19. The van der Waals surface area contributed by atoms with Crippen LogP contribution in [-0.4, -0.2) is 17.0 Å². The summed E-state index contributed by atoms with van der Waals surface area (Å²) in [5.41, 5.74) is 1.77. The standard InChI is InChI=1S/C24H23NO4/c1-13-3-2-4-16(11-13)29-15-7-5-14(6-8-15)25-23(26)21-17-9-10-18(20-12-19(17)20)22(21)24(27)28/h2-11,17-22H,12H2,1H3,(H,25,26)(H,27,28)/t17-,18-,19-,20-,21+,22-/m0/s1. The number of hydrogen-bond acceptors (Lipinski definition) is 3. The van der Waals surface area contributed by atoms with Gasteiger partial charge >= 0.3 is 5.97 Å². The van der Waals surface area contributed by atoms with E-state index >= 15 is 0 Å². The van der Waals surface area contributed by atoms with Crippen LogP contribution in [0.2, 0.25) is 0 Å². The van der Waals surface area contributed by atoms with Crippen LogP contribution in [0.1, 0.15) is 12.0 Å². The number of rotatable bonds is 5. The Balaban J connectivity index is 1.29. The van der Waals surface area contributed by atoms with Crippen LogP contribution in [0.4, 0.5) is 5.69 Å². The fraction of sp³-hybridized carbons (Fsp3) is 0.333. The Bertz CT molecular complexity index is 996. The number of anilines is 1. The lowest BCUT2D eigenvalue weighted by atomic mass is 9.62. The maximum absolute atomic E-state index is 13.0. The number of carbonyl (C=O) groups is 2. The second-order valence-electron chi connectivity index (χ2n) is 8.43. The van der Waals surface area contributed by atoms with Crippen molar-refractivity contribution in [2.24, 2.45) is 35.5 Å². The summed E-state index contributed by atoms with van der Waals surface area (Å²) in [6.45, 7) is 2.01. The molecule has 0 saturated heterocycles. The van der Waals surface area contributed by atoms with Crippen molar-refractivity contribution < 1.29 is 19.4 Å². The number of aryl methyl sites for hydroxylation is 1. The topological polar surface area (TPSA) is 75.6 Å². The van der Waals surface area contributed by atoms with Gasteiger partial charge in [0.25, 0.3) is 0 Å². The Morgan fingerprint density at radius 2 is 1.66 bits per heavy atom. The minimum atomic E-state index is -0.864. The zero-order valence-corrected chi connectivity index (χ0v) is 16.1. The van der Waals surface area contributed by atoms with Crippen molar-refractivity contribution in [2.75, 3.05) is 5.32 Å². The summed E-state index contributed by atoms with van der Waals surface area (Å²) in [5, 5.41) is 12.7. The fourth-order valence-electron chi connectivity index (χ4n) is 5.22. The van der Waals surface area contributed by atoms with E-state index in [0.29, 0.717) is 23.3 Å². The van der Waals surface area contributed by atoms with Crippen molar-refractivity contribution in [1.82, 2.24) is 0 Å². The van der Waals surface area contributed by atoms with Gasteiger partial charge in [0.1, 0.15) is 11.5 Å². The molecule has 4 aliphatic carbocycles. The highest BCUT2D eigenvalue weighted by Gasteiger charge is 2.62. The number of carboxylic acid groups (broad SMARTS) is 1. The maximum Gasteiger partial charge on any atom is 0.307 e. The summed E-state index contributed by atoms with van der Waals surface area (Å²) in [6, 6.07) is 15.0. The molecule has 1 amide bonds. The van der Waals surface area contributed by atoms with Crippen LogP contribution in [0.3, 0.4) is 0 Å². The molecule has 0 unspecified atom stereocenters. The lowest BCUT2D eigenvalue weighted by Crippen LogP contribution is -2.48. The third-order valence-electron chi connectivity index (χ3n) is 6.59. The molecular formula is C24H23NO4. The van der Waals surface area contributed by atoms with Gasteiger partial charge in [0.15, 0.2) is 0 Å². The summed E-state index contributed by atoms with van der Waals surface area (Å²) in [6.07, 6.45) is 5.14. The van der Waals surface area contributed by atoms with Crippen LogP contribution >= 0.6 is 0 Å². The van der Waals surface area contributed by atoms with Crippen molar-refractivity contribution in [1.29, 1.82) is 0 Å². The van der Waals surface area contributed by atoms with E-state index in [9.17, 15) is 14.7 Å². The predicted molar refractivity (Wildman–Crippen MR) is 109 cm³/mol. The minimum Gasteiger partial charge on any atom is -0.481 e.